The number of rotatable bonds is 3. The molecule has 4 nitrogen and oxygen atoms in total. The topological polar surface area (TPSA) is 40.6 Å². The van der Waals surface area contributed by atoms with Crippen LogP contribution in [0, 0.1) is 5.92 Å². The highest BCUT2D eigenvalue weighted by atomic mass is 32.2. The van der Waals surface area contributed by atoms with E-state index < -0.39 is 10.2 Å². The van der Waals surface area contributed by atoms with Gasteiger partial charge in [0.05, 0.1) is 0 Å². The van der Waals surface area contributed by atoms with Crippen molar-refractivity contribution in [2.45, 2.75) is 26.2 Å². The van der Waals surface area contributed by atoms with Gasteiger partial charge in [-0.1, -0.05) is 13.3 Å². The molecule has 1 aliphatic rings. The average molecular weight is 220 g/mol. The Balaban J connectivity index is 2.58. The van der Waals surface area contributed by atoms with E-state index in [0.717, 1.165) is 19.3 Å². The molecule has 0 atom stereocenters. The van der Waals surface area contributed by atoms with Crippen LogP contribution < -0.4 is 0 Å². The number of piperidine rings is 1. The van der Waals surface area contributed by atoms with Crippen molar-refractivity contribution < 1.29 is 8.42 Å². The second-order valence-electron chi connectivity index (χ2n) is 4.04. The van der Waals surface area contributed by atoms with Crippen molar-refractivity contribution >= 4 is 10.2 Å². The molecule has 0 aromatic rings. The van der Waals surface area contributed by atoms with Crippen molar-refractivity contribution in [2.75, 3.05) is 27.2 Å². The first kappa shape index (κ1) is 11.9. The van der Waals surface area contributed by atoms with Crippen LogP contribution in [0.5, 0.6) is 0 Å². The first-order valence-electron chi connectivity index (χ1n) is 5.16. The maximum absolute atomic E-state index is 11.7. The highest BCUT2D eigenvalue weighted by Gasteiger charge is 2.28. The van der Waals surface area contributed by atoms with Gasteiger partial charge in [-0.2, -0.15) is 17.0 Å². The summed E-state index contributed by atoms with van der Waals surface area (Å²) in [5.41, 5.74) is 0. The Hall–Kier alpha value is -0.130. The molecule has 0 aromatic heterocycles. The third kappa shape index (κ3) is 2.46. The lowest BCUT2D eigenvalue weighted by Gasteiger charge is -2.32. The van der Waals surface area contributed by atoms with Crippen molar-refractivity contribution in [2.24, 2.45) is 5.92 Å². The number of hydrogen-bond acceptors (Lipinski definition) is 2. The van der Waals surface area contributed by atoms with Crippen molar-refractivity contribution in [1.29, 1.82) is 0 Å². The molecule has 0 bridgehead atoms. The van der Waals surface area contributed by atoms with Gasteiger partial charge in [-0.25, -0.2) is 0 Å². The average Bonchev–Trinajstić information content (AvgIpc) is 2.17. The minimum absolute atomic E-state index is 0.680. The molecule has 0 spiro atoms. The van der Waals surface area contributed by atoms with Gasteiger partial charge in [0, 0.05) is 27.2 Å². The van der Waals surface area contributed by atoms with Crippen LogP contribution in [0.25, 0.3) is 0 Å². The highest BCUT2D eigenvalue weighted by molar-refractivity contribution is 7.86. The molecule has 0 N–H and O–H groups in total. The Kier molecular flexibility index (Phi) is 3.92. The van der Waals surface area contributed by atoms with Crippen LogP contribution in [0.1, 0.15) is 26.2 Å². The van der Waals surface area contributed by atoms with Crippen molar-refractivity contribution in [3.63, 3.8) is 0 Å². The third-order valence-corrected chi connectivity index (χ3v) is 4.88. The summed E-state index contributed by atoms with van der Waals surface area (Å²) < 4.78 is 26.3. The maximum atomic E-state index is 11.7. The summed E-state index contributed by atoms with van der Waals surface area (Å²) in [6.45, 7) is 3.53. The fourth-order valence-corrected chi connectivity index (χ4v) is 2.91. The summed E-state index contributed by atoms with van der Waals surface area (Å²) in [6.07, 6.45) is 3.17. The van der Waals surface area contributed by atoms with Crippen molar-refractivity contribution in [1.82, 2.24) is 8.61 Å². The molecule has 0 aliphatic carbocycles. The van der Waals surface area contributed by atoms with E-state index in [1.807, 2.05) is 0 Å². The van der Waals surface area contributed by atoms with Gasteiger partial charge >= 0.3 is 0 Å². The second-order valence-corrected chi connectivity index (χ2v) is 6.18. The molecule has 1 rings (SSSR count). The van der Waals surface area contributed by atoms with Crippen LogP contribution in [0.15, 0.2) is 0 Å². The molecule has 14 heavy (non-hydrogen) atoms. The Morgan fingerprint density at radius 3 is 2.14 bits per heavy atom. The standard InChI is InChI=1S/C9H20N2O2S/c1-4-9-5-7-11(8-6-9)14(12,13)10(2)3/h9H,4-8H2,1-3H3. The van der Waals surface area contributed by atoms with Crippen LogP contribution in [0.4, 0.5) is 0 Å². The fourth-order valence-electron chi connectivity index (χ4n) is 1.78. The molecule has 0 amide bonds. The van der Waals surface area contributed by atoms with Gasteiger partial charge in [-0.3, -0.25) is 0 Å². The molecule has 0 aromatic carbocycles. The maximum Gasteiger partial charge on any atom is 0.281 e. The molecule has 1 heterocycles. The van der Waals surface area contributed by atoms with Gasteiger partial charge in [0.15, 0.2) is 0 Å². The van der Waals surface area contributed by atoms with E-state index in [1.54, 1.807) is 18.4 Å². The minimum Gasteiger partial charge on any atom is -0.195 e. The molecule has 1 fully saturated rings. The summed E-state index contributed by atoms with van der Waals surface area (Å²) in [5, 5.41) is 0. The van der Waals surface area contributed by atoms with Gasteiger partial charge in [-0.05, 0) is 18.8 Å². The van der Waals surface area contributed by atoms with E-state index in [0.29, 0.717) is 19.0 Å². The number of hydrogen-bond donors (Lipinski definition) is 0. The molecule has 1 aliphatic heterocycles. The van der Waals surface area contributed by atoms with E-state index in [9.17, 15) is 8.42 Å². The van der Waals surface area contributed by atoms with Crippen LogP contribution in [0.2, 0.25) is 0 Å². The lowest BCUT2D eigenvalue weighted by atomic mass is 9.96. The van der Waals surface area contributed by atoms with E-state index in [-0.39, 0.29) is 0 Å². The molecule has 1 saturated heterocycles. The molecular weight excluding hydrogens is 200 g/mol. The zero-order chi connectivity index (χ0) is 10.8. The van der Waals surface area contributed by atoms with Gasteiger partial charge in [0.1, 0.15) is 0 Å². The Morgan fingerprint density at radius 1 is 1.29 bits per heavy atom. The Bertz CT molecular complexity index is 267. The van der Waals surface area contributed by atoms with E-state index in [2.05, 4.69) is 6.92 Å². The van der Waals surface area contributed by atoms with E-state index in [4.69, 9.17) is 0 Å². The molecule has 5 heteroatoms. The normalized spacial score (nSPS) is 21.7. The van der Waals surface area contributed by atoms with Crippen molar-refractivity contribution in [3.8, 4) is 0 Å². The summed E-state index contributed by atoms with van der Waals surface area (Å²) in [6, 6.07) is 0. The monoisotopic (exact) mass is 220 g/mol. The van der Waals surface area contributed by atoms with Gasteiger partial charge in [0.25, 0.3) is 10.2 Å². The van der Waals surface area contributed by atoms with Crippen LogP contribution in [-0.2, 0) is 10.2 Å². The van der Waals surface area contributed by atoms with E-state index >= 15 is 0 Å². The highest BCUT2D eigenvalue weighted by Crippen LogP contribution is 2.22. The Labute approximate surface area is 87.1 Å². The lowest BCUT2D eigenvalue weighted by Crippen LogP contribution is -2.44. The molecule has 0 radical (unpaired) electrons. The van der Waals surface area contributed by atoms with E-state index in [1.165, 1.54) is 4.31 Å². The quantitative estimate of drug-likeness (QED) is 0.709. The number of nitrogens with zero attached hydrogens (tertiary/aromatic N) is 2. The van der Waals surface area contributed by atoms with Gasteiger partial charge in [0.2, 0.25) is 0 Å². The molecular formula is C9H20N2O2S. The first-order valence-corrected chi connectivity index (χ1v) is 6.55. The second kappa shape index (κ2) is 4.59. The first-order chi connectivity index (χ1) is 6.48. The summed E-state index contributed by atoms with van der Waals surface area (Å²) in [7, 11) is 0.00420. The smallest absolute Gasteiger partial charge is 0.195 e. The SMILES string of the molecule is CCC1CCN(S(=O)(=O)N(C)C)CC1. The van der Waals surface area contributed by atoms with Crippen molar-refractivity contribution in [3.05, 3.63) is 0 Å². The minimum atomic E-state index is -3.16. The predicted octanol–water partition coefficient (Wildman–Crippen LogP) is 0.915. The zero-order valence-electron chi connectivity index (χ0n) is 9.23. The van der Waals surface area contributed by atoms with Crippen LogP contribution in [0.3, 0.4) is 0 Å². The zero-order valence-corrected chi connectivity index (χ0v) is 10.0. The van der Waals surface area contributed by atoms with Gasteiger partial charge < -0.3 is 0 Å². The van der Waals surface area contributed by atoms with Crippen LogP contribution in [-0.4, -0.2) is 44.2 Å². The summed E-state index contributed by atoms with van der Waals surface area (Å²) >= 11 is 0. The largest absolute Gasteiger partial charge is 0.281 e. The third-order valence-electron chi connectivity index (χ3n) is 2.94. The van der Waals surface area contributed by atoms with Crippen LogP contribution >= 0.6 is 0 Å². The lowest BCUT2D eigenvalue weighted by molar-refractivity contribution is 0.258. The molecule has 0 unspecified atom stereocenters. The van der Waals surface area contributed by atoms with Gasteiger partial charge in [-0.15, -0.1) is 0 Å². The molecule has 0 saturated carbocycles. The fraction of sp³-hybridized carbons (Fsp3) is 1.00. The predicted molar refractivity (Wildman–Crippen MR) is 57.2 cm³/mol. The Morgan fingerprint density at radius 2 is 1.79 bits per heavy atom. The summed E-state index contributed by atoms with van der Waals surface area (Å²) in [4.78, 5) is 0. The summed E-state index contributed by atoms with van der Waals surface area (Å²) in [5.74, 6) is 0.712. The molecule has 84 valence electrons.